The molecule has 0 aliphatic heterocycles. The molecule has 35 heavy (non-hydrogen) atoms. The SMILES string of the molecule is CC(=O)N(Cc1ccccc1OCc1ccc(Cl)cc1)c1cccc(-c2nc3ccccc3s2)c1. The predicted octanol–water partition coefficient (Wildman–Crippen LogP) is 7.75. The highest BCUT2D eigenvalue weighted by molar-refractivity contribution is 7.21. The van der Waals surface area contributed by atoms with Crippen LogP contribution in [0.25, 0.3) is 20.8 Å². The summed E-state index contributed by atoms with van der Waals surface area (Å²) in [5.41, 5.74) is 4.75. The molecule has 0 saturated heterocycles. The maximum atomic E-state index is 12.7. The van der Waals surface area contributed by atoms with Gasteiger partial charge in [-0.25, -0.2) is 4.98 Å². The van der Waals surface area contributed by atoms with Gasteiger partial charge in [-0.05, 0) is 48.0 Å². The Kier molecular flexibility index (Phi) is 6.80. The number of hydrogen-bond acceptors (Lipinski definition) is 4. The summed E-state index contributed by atoms with van der Waals surface area (Å²) < 4.78 is 7.26. The molecule has 0 aliphatic rings. The van der Waals surface area contributed by atoms with E-state index >= 15 is 0 Å². The second kappa shape index (κ2) is 10.3. The smallest absolute Gasteiger partial charge is 0.224 e. The molecule has 0 spiro atoms. The van der Waals surface area contributed by atoms with Gasteiger partial charge < -0.3 is 9.64 Å². The number of rotatable bonds is 7. The summed E-state index contributed by atoms with van der Waals surface area (Å²) in [6.45, 7) is 2.40. The van der Waals surface area contributed by atoms with Crippen LogP contribution in [0.15, 0.2) is 97.1 Å². The molecule has 0 unspecified atom stereocenters. The molecule has 0 fully saturated rings. The molecule has 0 saturated carbocycles. The molecule has 1 heterocycles. The minimum Gasteiger partial charge on any atom is -0.489 e. The Morgan fingerprint density at radius 1 is 0.943 bits per heavy atom. The van der Waals surface area contributed by atoms with Gasteiger partial charge in [0.05, 0.1) is 16.8 Å². The number of ether oxygens (including phenoxy) is 1. The van der Waals surface area contributed by atoms with E-state index in [0.29, 0.717) is 18.2 Å². The number of thiazole rings is 1. The van der Waals surface area contributed by atoms with Crippen molar-refractivity contribution in [3.8, 4) is 16.3 Å². The van der Waals surface area contributed by atoms with Crippen LogP contribution in [0.1, 0.15) is 18.1 Å². The first-order chi connectivity index (χ1) is 17.1. The van der Waals surface area contributed by atoms with E-state index in [1.54, 1.807) is 23.2 Å². The van der Waals surface area contributed by atoms with E-state index in [-0.39, 0.29) is 5.91 Å². The summed E-state index contributed by atoms with van der Waals surface area (Å²) in [6.07, 6.45) is 0. The van der Waals surface area contributed by atoms with E-state index in [1.807, 2.05) is 91.0 Å². The van der Waals surface area contributed by atoms with Crippen molar-refractivity contribution in [2.75, 3.05) is 4.90 Å². The molecule has 0 radical (unpaired) electrons. The molecule has 4 nitrogen and oxygen atoms in total. The van der Waals surface area contributed by atoms with E-state index in [4.69, 9.17) is 21.3 Å². The maximum Gasteiger partial charge on any atom is 0.224 e. The van der Waals surface area contributed by atoms with Crippen LogP contribution < -0.4 is 9.64 Å². The molecule has 0 aliphatic carbocycles. The molecule has 6 heteroatoms. The fourth-order valence-electron chi connectivity index (χ4n) is 3.87. The van der Waals surface area contributed by atoms with Gasteiger partial charge in [0.15, 0.2) is 0 Å². The topological polar surface area (TPSA) is 42.4 Å². The molecule has 5 rings (SSSR count). The summed E-state index contributed by atoms with van der Waals surface area (Å²) in [7, 11) is 0. The van der Waals surface area contributed by atoms with Crippen LogP contribution in [0.4, 0.5) is 5.69 Å². The standard InChI is InChI=1S/C29H23ClN2O2S/c1-20(33)32(18-23-7-2-4-11-27(23)34-19-21-13-15-24(30)16-14-21)25-9-6-8-22(17-25)29-31-26-10-3-5-12-28(26)35-29/h2-17H,18-19H2,1H3. The number of nitrogens with zero attached hydrogens (tertiary/aromatic N) is 2. The Labute approximate surface area is 213 Å². The number of carbonyl (C=O) groups excluding carboxylic acids is 1. The van der Waals surface area contributed by atoms with Gasteiger partial charge >= 0.3 is 0 Å². The largest absolute Gasteiger partial charge is 0.489 e. The number of anilines is 1. The predicted molar refractivity (Wildman–Crippen MR) is 144 cm³/mol. The quantitative estimate of drug-likeness (QED) is 0.230. The van der Waals surface area contributed by atoms with Crippen molar-refractivity contribution in [2.24, 2.45) is 0 Å². The third-order valence-corrected chi connectivity index (χ3v) is 7.02. The van der Waals surface area contributed by atoms with Gasteiger partial charge in [0.1, 0.15) is 17.4 Å². The summed E-state index contributed by atoms with van der Waals surface area (Å²) in [5.74, 6) is 0.704. The number of fused-ring (bicyclic) bond motifs is 1. The number of benzene rings is 4. The van der Waals surface area contributed by atoms with Crippen molar-refractivity contribution in [1.29, 1.82) is 0 Å². The Morgan fingerprint density at radius 2 is 1.71 bits per heavy atom. The highest BCUT2D eigenvalue weighted by Crippen LogP contribution is 2.33. The molecule has 174 valence electrons. The molecular formula is C29H23ClN2O2S. The molecule has 0 N–H and O–H groups in total. The lowest BCUT2D eigenvalue weighted by atomic mass is 10.1. The number of carbonyl (C=O) groups is 1. The Hall–Kier alpha value is -3.67. The molecule has 1 amide bonds. The first kappa shape index (κ1) is 23.1. The van der Waals surface area contributed by atoms with Crippen molar-refractivity contribution in [2.45, 2.75) is 20.1 Å². The monoisotopic (exact) mass is 498 g/mol. The summed E-state index contributed by atoms with van der Waals surface area (Å²) in [4.78, 5) is 19.3. The molecule has 0 atom stereocenters. The Balaban J connectivity index is 1.40. The lowest BCUT2D eigenvalue weighted by Gasteiger charge is -2.23. The molecular weight excluding hydrogens is 476 g/mol. The maximum absolute atomic E-state index is 12.7. The fraction of sp³-hybridized carbons (Fsp3) is 0.103. The van der Waals surface area contributed by atoms with Crippen molar-refractivity contribution >= 4 is 44.7 Å². The molecule has 0 bridgehead atoms. The molecule has 4 aromatic carbocycles. The lowest BCUT2D eigenvalue weighted by Crippen LogP contribution is -2.28. The second-order valence-corrected chi connectivity index (χ2v) is 9.63. The van der Waals surface area contributed by atoms with Gasteiger partial charge in [-0.15, -0.1) is 11.3 Å². The van der Waals surface area contributed by atoms with Gasteiger partial charge in [0.2, 0.25) is 5.91 Å². The Bertz CT molecular complexity index is 1450. The van der Waals surface area contributed by atoms with Crippen LogP contribution in [0.2, 0.25) is 5.02 Å². The lowest BCUT2D eigenvalue weighted by molar-refractivity contribution is -0.116. The zero-order chi connectivity index (χ0) is 24.2. The van der Waals surface area contributed by atoms with E-state index in [9.17, 15) is 4.79 Å². The zero-order valence-corrected chi connectivity index (χ0v) is 20.7. The minimum absolute atomic E-state index is 0.0426. The number of amides is 1. The summed E-state index contributed by atoms with van der Waals surface area (Å²) in [6, 6.07) is 31.5. The van der Waals surface area contributed by atoms with Gasteiger partial charge in [0, 0.05) is 28.8 Å². The van der Waals surface area contributed by atoms with Crippen molar-refractivity contribution in [3.05, 3.63) is 113 Å². The third-order valence-electron chi connectivity index (χ3n) is 5.69. The van der Waals surface area contributed by atoms with Gasteiger partial charge in [-0.3, -0.25) is 4.79 Å². The number of hydrogen-bond donors (Lipinski definition) is 0. The van der Waals surface area contributed by atoms with Crippen LogP contribution in [0.3, 0.4) is 0 Å². The van der Waals surface area contributed by atoms with E-state index in [1.165, 1.54) is 0 Å². The van der Waals surface area contributed by atoms with E-state index < -0.39 is 0 Å². The van der Waals surface area contributed by atoms with E-state index in [2.05, 4.69) is 6.07 Å². The van der Waals surface area contributed by atoms with Gasteiger partial charge in [0.25, 0.3) is 0 Å². The first-order valence-corrected chi connectivity index (χ1v) is 12.5. The molecule has 5 aromatic rings. The third kappa shape index (κ3) is 5.37. The van der Waals surface area contributed by atoms with Crippen LogP contribution >= 0.6 is 22.9 Å². The summed E-state index contributed by atoms with van der Waals surface area (Å²) in [5, 5.41) is 1.63. The number of aromatic nitrogens is 1. The minimum atomic E-state index is -0.0426. The molecule has 1 aromatic heterocycles. The second-order valence-electron chi connectivity index (χ2n) is 8.17. The average Bonchev–Trinajstić information content (AvgIpc) is 3.32. The van der Waals surface area contributed by atoms with Gasteiger partial charge in [-0.2, -0.15) is 0 Å². The van der Waals surface area contributed by atoms with Crippen LogP contribution in [-0.2, 0) is 17.9 Å². The fourth-order valence-corrected chi connectivity index (χ4v) is 4.96. The van der Waals surface area contributed by atoms with Crippen molar-refractivity contribution in [1.82, 2.24) is 4.98 Å². The zero-order valence-electron chi connectivity index (χ0n) is 19.1. The summed E-state index contributed by atoms with van der Waals surface area (Å²) >= 11 is 7.64. The van der Waals surface area contributed by atoms with Gasteiger partial charge in [-0.1, -0.05) is 66.2 Å². The average molecular weight is 499 g/mol. The highest BCUT2D eigenvalue weighted by Gasteiger charge is 2.16. The van der Waals surface area contributed by atoms with Crippen LogP contribution in [0, 0.1) is 0 Å². The van der Waals surface area contributed by atoms with E-state index in [0.717, 1.165) is 43.4 Å². The number of para-hydroxylation sites is 2. The first-order valence-electron chi connectivity index (χ1n) is 11.3. The van der Waals surface area contributed by atoms with Crippen molar-refractivity contribution in [3.63, 3.8) is 0 Å². The Morgan fingerprint density at radius 3 is 2.51 bits per heavy atom. The van der Waals surface area contributed by atoms with Crippen LogP contribution in [0.5, 0.6) is 5.75 Å². The normalized spacial score (nSPS) is 10.9. The highest BCUT2D eigenvalue weighted by atomic mass is 35.5. The van der Waals surface area contributed by atoms with Crippen LogP contribution in [-0.4, -0.2) is 10.9 Å². The van der Waals surface area contributed by atoms with Crippen molar-refractivity contribution < 1.29 is 9.53 Å². The number of halogens is 1.